The van der Waals surface area contributed by atoms with Crippen LogP contribution in [0.2, 0.25) is 0 Å². The van der Waals surface area contributed by atoms with Crippen LogP contribution in [0.5, 0.6) is 5.75 Å². The molecule has 1 N–H and O–H groups in total. The molecule has 0 aliphatic rings. The van der Waals surface area contributed by atoms with E-state index in [1.54, 1.807) is 47.4 Å². The van der Waals surface area contributed by atoms with Crippen LogP contribution in [0.1, 0.15) is 21.5 Å². The van der Waals surface area contributed by atoms with Crippen molar-refractivity contribution in [2.24, 2.45) is 0 Å². The molecule has 0 saturated carbocycles. The van der Waals surface area contributed by atoms with Gasteiger partial charge in [-0.1, -0.05) is 29.8 Å². The molecule has 3 rings (SSSR count). The molecule has 35 heavy (non-hydrogen) atoms. The highest BCUT2D eigenvalue weighted by atomic mass is 32.2. The van der Waals surface area contributed by atoms with Crippen LogP contribution in [0.4, 0.5) is 10.1 Å². The van der Waals surface area contributed by atoms with Crippen LogP contribution in [-0.4, -0.2) is 58.4 Å². The second kappa shape index (κ2) is 11.3. The molecule has 186 valence electrons. The van der Waals surface area contributed by atoms with Gasteiger partial charge in [0.2, 0.25) is 0 Å². The number of methoxy groups -OCH3 is 1. The van der Waals surface area contributed by atoms with Crippen molar-refractivity contribution in [2.75, 3.05) is 39.0 Å². The Balaban J connectivity index is 1.93. The molecule has 3 aromatic rings. The van der Waals surface area contributed by atoms with Gasteiger partial charge in [-0.15, -0.1) is 0 Å². The molecule has 0 bridgehead atoms. The van der Waals surface area contributed by atoms with Gasteiger partial charge < -0.3 is 14.5 Å². The molecule has 0 radical (unpaired) electrons. The summed E-state index contributed by atoms with van der Waals surface area (Å²) in [6.45, 7) is 3.16. The molecule has 0 atom stereocenters. The van der Waals surface area contributed by atoms with Gasteiger partial charge in [0.1, 0.15) is 16.5 Å². The van der Waals surface area contributed by atoms with Crippen LogP contribution < -0.4 is 9.46 Å². The molecule has 7 nitrogen and oxygen atoms in total. The summed E-state index contributed by atoms with van der Waals surface area (Å²) in [4.78, 5) is 16.9. The van der Waals surface area contributed by atoms with Crippen molar-refractivity contribution in [1.29, 1.82) is 0 Å². The van der Waals surface area contributed by atoms with E-state index in [2.05, 4.69) is 4.72 Å². The first kappa shape index (κ1) is 26.2. The number of sulfonamides is 1. The Morgan fingerprint density at radius 1 is 0.971 bits per heavy atom. The van der Waals surface area contributed by atoms with E-state index in [0.717, 1.165) is 11.1 Å². The maximum Gasteiger partial charge on any atom is 0.265 e. The summed E-state index contributed by atoms with van der Waals surface area (Å²) in [5.41, 5.74) is 2.37. The minimum Gasteiger partial charge on any atom is -0.495 e. The number of amides is 1. The number of aryl methyl sites for hydroxylation is 1. The topological polar surface area (TPSA) is 79.0 Å². The fourth-order valence-electron chi connectivity index (χ4n) is 3.42. The lowest BCUT2D eigenvalue weighted by atomic mass is 10.1. The summed E-state index contributed by atoms with van der Waals surface area (Å²) >= 11 is 0. The van der Waals surface area contributed by atoms with Crippen molar-refractivity contribution in [1.82, 2.24) is 9.80 Å². The fraction of sp³-hybridized carbons (Fsp3) is 0.269. The average molecular weight is 500 g/mol. The van der Waals surface area contributed by atoms with Crippen LogP contribution in [0, 0.1) is 12.7 Å². The number of hydrogen-bond donors (Lipinski definition) is 1. The first-order chi connectivity index (χ1) is 16.6. The Bertz CT molecular complexity index is 1260. The fourth-order valence-corrected chi connectivity index (χ4v) is 4.67. The zero-order valence-corrected chi connectivity index (χ0v) is 21.1. The van der Waals surface area contributed by atoms with E-state index in [0.29, 0.717) is 18.8 Å². The Morgan fingerprint density at radius 3 is 2.23 bits per heavy atom. The van der Waals surface area contributed by atoms with E-state index in [1.807, 2.05) is 25.9 Å². The number of halogens is 1. The van der Waals surface area contributed by atoms with Crippen molar-refractivity contribution in [3.63, 3.8) is 0 Å². The second-order valence-corrected chi connectivity index (χ2v) is 10.1. The third-order valence-corrected chi connectivity index (χ3v) is 6.80. The summed E-state index contributed by atoms with van der Waals surface area (Å²) in [5.74, 6) is -0.573. The first-order valence-corrected chi connectivity index (χ1v) is 12.5. The van der Waals surface area contributed by atoms with E-state index < -0.39 is 10.0 Å². The van der Waals surface area contributed by atoms with Gasteiger partial charge in [-0.2, -0.15) is 0 Å². The monoisotopic (exact) mass is 499 g/mol. The Morgan fingerprint density at radius 2 is 1.63 bits per heavy atom. The predicted molar refractivity (Wildman–Crippen MR) is 135 cm³/mol. The standard InChI is InChI=1S/C26H30FN3O4S/c1-19-5-12-23(13-6-19)28-35(32,33)25-17-21(9-14-24(25)34-4)26(31)30(16-15-29(2)3)18-20-7-10-22(27)11-8-20/h5-14,17,28H,15-16,18H2,1-4H3. The summed E-state index contributed by atoms with van der Waals surface area (Å²) < 4.78 is 47.5. The lowest BCUT2D eigenvalue weighted by Gasteiger charge is -2.25. The predicted octanol–water partition coefficient (Wildman–Crippen LogP) is 4.15. The quantitative estimate of drug-likeness (QED) is 0.454. The first-order valence-electron chi connectivity index (χ1n) is 11.0. The number of rotatable bonds is 10. The molecule has 0 fully saturated rings. The molecule has 0 spiro atoms. The number of nitrogens with zero attached hydrogens (tertiary/aromatic N) is 2. The minimum atomic E-state index is -4.04. The number of anilines is 1. The largest absolute Gasteiger partial charge is 0.495 e. The normalized spacial score (nSPS) is 11.4. The zero-order valence-electron chi connectivity index (χ0n) is 20.3. The number of benzene rings is 3. The maximum absolute atomic E-state index is 13.5. The summed E-state index contributed by atoms with van der Waals surface area (Å²) in [7, 11) is 1.14. The number of carbonyl (C=O) groups is 1. The van der Waals surface area contributed by atoms with Crippen molar-refractivity contribution in [3.8, 4) is 5.75 Å². The molecule has 3 aromatic carbocycles. The highest BCUT2D eigenvalue weighted by Gasteiger charge is 2.24. The molecule has 0 aliphatic carbocycles. The third-order valence-electron chi connectivity index (χ3n) is 5.39. The zero-order chi connectivity index (χ0) is 25.6. The highest BCUT2D eigenvalue weighted by Crippen LogP contribution is 2.28. The van der Waals surface area contributed by atoms with Crippen LogP contribution >= 0.6 is 0 Å². The van der Waals surface area contributed by atoms with E-state index in [-0.39, 0.29) is 34.5 Å². The van der Waals surface area contributed by atoms with Crippen molar-refractivity contribution < 1.29 is 22.3 Å². The number of hydrogen-bond acceptors (Lipinski definition) is 5. The Labute approximate surface area is 206 Å². The lowest BCUT2D eigenvalue weighted by Crippen LogP contribution is -2.36. The highest BCUT2D eigenvalue weighted by molar-refractivity contribution is 7.92. The van der Waals surface area contributed by atoms with Gasteiger partial charge in [0.25, 0.3) is 15.9 Å². The van der Waals surface area contributed by atoms with Crippen LogP contribution in [0.3, 0.4) is 0 Å². The molecule has 0 aromatic heterocycles. The van der Waals surface area contributed by atoms with E-state index in [9.17, 15) is 17.6 Å². The smallest absolute Gasteiger partial charge is 0.265 e. The molecule has 0 aliphatic heterocycles. The number of likely N-dealkylation sites (N-methyl/N-ethyl adjacent to an activating group) is 1. The maximum atomic E-state index is 13.5. The van der Waals surface area contributed by atoms with E-state index in [4.69, 9.17) is 4.74 Å². The van der Waals surface area contributed by atoms with Gasteiger partial charge >= 0.3 is 0 Å². The number of carbonyl (C=O) groups excluding carboxylic acids is 1. The molecular weight excluding hydrogens is 469 g/mol. The lowest BCUT2D eigenvalue weighted by molar-refractivity contribution is 0.0731. The van der Waals surface area contributed by atoms with Crippen molar-refractivity contribution >= 4 is 21.6 Å². The molecule has 0 heterocycles. The Kier molecular flexibility index (Phi) is 8.48. The van der Waals surface area contributed by atoms with E-state index >= 15 is 0 Å². The summed E-state index contributed by atoms with van der Waals surface area (Å²) in [6.07, 6.45) is 0. The van der Waals surface area contributed by atoms with Gasteiger partial charge in [0.05, 0.1) is 7.11 Å². The summed E-state index contributed by atoms with van der Waals surface area (Å²) in [5, 5.41) is 0. The molecule has 0 unspecified atom stereocenters. The van der Waals surface area contributed by atoms with Crippen LogP contribution in [-0.2, 0) is 16.6 Å². The van der Waals surface area contributed by atoms with Crippen molar-refractivity contribution in [3.05, 3.63) is 89.2 Å². The van der Waals surface area contributed by atoms with Crippen LogP contribution in [0.25, 0.3) is 0 Å². The third kappa shape index (κ3) is 7.03. The SMILES string of the molecule is COc1ccc(C(=O)N(CCN(C)C)Cc2ccc(F)cc2)cc1S(=O)(=O)Nc1ccc(C)cc1. The van der Waals surface area contributed by atoms with Crippen molar-refractivity contribution in [2.45, 2.75) is 18.4 Å². The van der Waals surface area contributed by atoms with Gasteiger partial charge in [0.15, 0.2) is 0 Å². The van der Waals surface area contributed by atoms with Gasteiger partial charge in [-0.25, -0.2) is 12.8 Å². The van der Waals surface area contributed by atoms with Crippen LogP contribution in [0.15, 0.2) is 71.6 Å². The average Bonchev–Trinajstić information content (AvgIpc) is 2.83. The molecular formula is C26H30FN3O4S. The second-order valence-electron chi connectivity index (χ2n) is 8.49. The van der Waals surface area contributed by atoms with Gasteiger partial charge in [-0.3, -0.25) is 9.52 Å². The molecule has 9 heteroatoms. The van der Waals surface area contributed by atoms with Gasteiger partial charge in [-0.05, 0) is 69.0 Å². The molecule has 1 amide bonds. The number of ether oxygens (including phenoxy) is 1. The van der Waals surface area contributed by atoms with Gasteiger partial charge in [0, 0.05) is 30.9 Å². The summed E-state index contributed by atoms with van der Waals surface area (Å²) in [6, 6.07) is 17.2. The molecule has 0 saturated heterocycles. The Hall–Kier alpha value is -3.43. The minimum absolute atomic E-state index is 0.125. The van der Waals surface area contributed by atoms with E-state index in [1.165, 1.54) is 31.4 Å². The number of nitrogens with one attached hydrogen (secondary N) is 1.